The molecule has 0 heterocycles. The lowest BCUT2D eigenvalue weighted by Gasteiger charge is -2.67. The average Bonchev–Trinajstić information content (AvgIpc) is 1.92. The first-order valence-corrected chi connectivity index (χ1v) is 6.39. The first-order valence-electron chi connectivity index (χ1n) is 6.39. The SMILES string of the molecule is CC12CC3(C)CC(C)(C1)CC(C(=O)F)(C2)C3. The molecule has 0 N–H and O–H groups in total. The lowest BCUT2D eigenvalue weighted by Crippen LogP contribution is -2.60. The van der Waals surface area contributed by atoms with E-state index in [-0.39, 0.29) is 16.2 Å². The number of carbonyl (C=O) groups excluding carboxylic acids is 1. The second-order valence-electron chi connectivity index (χ2n) is 8.05. The molecule has 0 radical (unpaired) electrons. The summed E-state index contributed by atoms with van der Waals surface area (Å²) in [6, 6.07) is -1.03. The molecule has 0 aromatic carbocycles. The molecule has 4 aliphatic rings. The van der Waals surface area contributed by atoms with E-state index in [9.17, 15) is 9.18 Å². The second kappa shape index (κ2) is 2.54. The molecule has 1 nitrogen and oxygen atoms in total. The van der Waals surface area contributed by atoms with Crippen molar-refractivity contribution in [3.8, 4) is 0 Å². The molecule has 4 fully saturated rings. The van der Waals surface area contributed by atoms with Gasteiger partial charge in [0.15, 0.2) is 0 Å². The van der Waals surface area contributed by atoms with Crippen LogP contribution in [0.3, 0.4) is 0 Å². The van der Waals surface area contributed by atoms with Crippen molar-refractivity contribution >= 4 is 6.04 Å². The quantitative estimate of drug-likeness (QED) is 0.618. The van der Waals surface area contributed by atoms with Gasteiger partial charge in [-0.1, -0.05) is 20.8 Å². The number of carbonyl (C=O) groups is 1. The molecular formula is C14H21FO. The molecule has 16 heavy (non-hydrogen) atoms. The first kappa shape index (κ1) is 10.7. The number of rotatable bonds is 1. The van der Waals surface area contributed by atoms with Crippen molar-refractivity contribution in [1.29, 1.82) is 0 Å². The lowest BCUT2D eigenvalue weighted by molar-refractivity contribution is -0.198. The molecule has 0 saturated heterocycles. The van der Waals surface area contributed by atoms with E-state index in [0.717, 1.165) is 19.3 Å². The van der Waals surface area contributed by atoms with Crippen molar-refractivity contribution in [3.05, 3.63) is 0 Å². The zero-order valence-corrected chi connectivity index (χ0v) is 10.5. The molecule has 0 unspecified atom stereocenters. The van der Waals surface area contributed by atoms with E-state index in [2.05, 4.69) is 20.8 Å². The van der Waals surface area contributed by atoms with Crippen LogP contribution in [-0.4, -0.2) is 6.04 Å². The highest BCUT2D eigenvalue weighted by atomic mass is 19.1. The van der Waals surface area contributed by atoms with Gasteiger partial charge in [-0.2, -0.15) is 4.39 Å². The fourth-order valence-electron chi connectivity index (χ4n) is 6.50. The third-order valence-electron chi connectivity index (χ3n) is 5.27. The van der Waals surface area contributed by atoms with Gasteiger partial charge in [0.2, 0.25) is 0 Å². The normalized spacial score (nSPS) is 59.0. The molecule has 0 aliphatic heterocycles. The minimum atomic E-state index is -1.03. The van der Waals surface area contributed by atoms with Gasteiger partial charge in [0.1, 0.15) is 0 Å². The van der Waals surface area contributed by atoms with Crippen LogP contribution in [0.2, 0.25) is 0 Å². The van der Waals surface area contributed by atoms with Crippen molar-refractivity contribution in [3.63, 3.8) is 0 Å². The van der Waals surface area contributed by atoms with E-state index in [1.807, 2.05) is 0 Å². The molecular weight excluding hydrogens is 203 g/mol. The van der Waals surface area contributed by atoms with Gasteiger partial charge in [-0.3, -0.25) is 4.79 Å². The van der Waals surface area contributed by atoms with Crippen molar-refractivity contribution in [2.45, 2.75) is 59.3 Å². The highest BCUT2D eigenvalue weighted by Crippen LogP contribution is 2.73. The maximum Gasteiger partial charge on any atom is 0.307 e. The third kappa shape index (κ3) is 1.25. The Morgan fingerprint density at radius 3 is 1.38 bits per heavy atom. The number of halogens is 1. The Kier molecular flexibility index (Phi) is 1.70. The zero-order chi connectivity index (χ0) is 11.8. The first-order chi connectivity index (χ1) is 7.19. The Labute approximate surface area is 96.8 Å². The summed E-state index contributed by atoms with van der Waals surface area (Å²) in [6.45, 7) is 6.79. The van der Waals surface area contributed by atoms with Gasteiger partial charge in [0.25, 0.3) is 0 Å². The molecule has 4 rings (SSSR count). The molecule has 4 aliphatic carbocycles. The molecule has 4 saturated carbocycles. The summed E-state index contributed by atoms with van der Waals surface area (Å²) < 4.78 is 13.5. The fourth-order valence-corrected chi connectivity index (χ4v) is 6.50. The topological polar surface area (TPSA) is 17.1 Å². The standard InChI is InChI=1S/C14H21FO/c1-11-4-12(2)6-13(3,5-11)9-14(7-11,8-12)10(15)16/h4-9H2,1-3H3. The van der Waals surface area contributed by atoms with Gasteiger partial charge in [-0.15, -0.1) is 0 Å². The van der Waals surface area contributed by atoms with Crippen LogP contribution in [0.4, 0.5) is 4.39 Å². The largest absolute Gasteiger partial charge is 0.307 e. The number of hydrogen-bond acceptors (Lipinski definition) is 1. The van der Waals surface area contributed by atoms with E-state index >= 15 is 0 Å². The summed E-state index contributed by atoms with van der Waals surface area (Å²) in [5.74, 6) is 0. The van der Waals surface area contributed by atoms with Crippen molar-refractivity contribution in [1.82, 2.24) is 0 Å². The minimum Gasteiger partial charge on any atom is -0.261 e. The van der Waals surface area contributed by atoms with Crippen LogP contribution in [0, 0.1) is 21.7 Å². The van der Waals surface area contributed by atoms with Crippen LogP contribution >= 0.6 is 0 Å². The van der Waals surface area contributed by atoms with Crippen LogP contribution in [0.1, 0.15) is 59.3 Å². The average molecular weight is 224 g/mol. The van der Waals surface area contributed by atoms with E-state index < -0.39 is 11.5 Å². The highest BCUT2D eigenvalue weighted by molar-refractivity contribution is 5.76. The predicted molar refractivity (Wildman–Crippen MR) is 60.6 cm³/mol. The van der Waals surface area contributed by atoms with E-state index in [1.165, 1.54) is 19.3 Å². The molecule has 0 amide bonds. The zero-order valence-electron chi connectivity index (χ0n) is 10.5. The van der Waals surface area contributed by atoms with Crippen LogP contribution < -0.4 is 0 Å². The van der Waals surface area contributed by atoms with Gasteiger partial charge in [0, 0.05) is 0 Å². The Bertz CT molecular complexity index is 319. The van der Waals surface area contributed by atoms with Crippen LogP contribution in [0.25, 0.3) is 0 Å². The monoisotopic (exact) mass is 224 g/mol. The van der Waals surface area contributed by atoms with Crippen molar-refractivity contribution in [2.75, 3.05) is 0 Å². The summed E-state index contributed by atoms with van der Waals surface area (Å²) in [4.78, 5) is 11.5. The molecule has 0 atom stereocenters. The smallest absolute Gasteiger partial charge is 0.261 e. The summed E-state index contributed by atoms with van der Waals surface area (Å²) >= 11 is 0. The van der Waals surface area contributed by atoms with Crippen molar-refractivity contribution < 1.29 is 9.18 Å². The summed E-state index contributed by atoms with van der Waals surface area (Å²) in [5, 5.41) is 0. The highest BCUT2D eigenvalue weighted by Gasteiger charge is 2.66. The summed E-state index contributed by atoms with van der Waals surface area (Å²) in [5.41, 5.74) is 0.00694. The van der Waals surface area contributed by atoms with Gasteiger partial charge in [-0.05, 0) is 54.8 Å². The Morgan fingerprint density at radius 2 is 1.12 bits per heavy atom. The minimum absolute atomic E-state index is 0.208. The third-order valence-corrected chi connectivity index (χ3v) is 5.27. The maximum atomic E-state index is 13.5. The molecule has 0 aromatic rings. The van der Waals surface area contributed by atoms with E-state index in [4.69, 9.17) is 0 Å². The van der Waals surface area contributed by atoms with E-state index in [0.29, 0.717) is 0 Å². The number of hydrogen-bond donors (Lipinski definition) is 0. The summed E-state index contributed by atoms with van der Waals surface area (Å²) in [7, 11) is 0. The summed E-state index contributed by atoms with van der Waals surface area (Å²) in [6.07, 6.45) is 5.93. The molecule has 0 aromatic heterocycles. The van der Waals surface area contributed by atoms with Gasteiger partial charge in [-0.25, -0.2) is 0 Å². The molecule has 4 bridgehead atoms. The van der Waals surface area contributed by atoms with Gasteiger partial charge >= 0.3 is 6.04 Å². The van der Waals surface area contributed by atoms with E-state index in [1.54, 1.807) is 0 Å². The lowest BCUT2D eigenvalue weighted by atomic mass is 9.36. The molecule has 0 spiro atoms. The molecule has 90 valence electrons. The predicted octanol–water partition coefficient (Wildman–Crippen LogP) is 3.87. The maximum absolute atomic E-state index is 13.5. The van der Waals surface area contributed by atoms with Gasteiger partial charge < -0.3 is 0 Å². The fraction of sp³-hybridized carbons (Fsp3) is 0.929. The Morgan fingerprint density at radius 1 is 0.812 bits per heavy atom. The molecule has 2 heteroatoms. The van der Waals surface area contributed by atoms with Crippen molar-refractivity contribution in [2.24, 2.45) is 21.7 Å². The second-order valence-corrected chi connectivity index (χ2v) is 8.05. The van der Waals surface area contributed by atoms with Gasteiger partial charge in [0.05, 0.1) is 5.41 Å². The van der Waals surface area contributed by atoms with Crippen LogP contribution in [0.15, 0.2) is 0 Å². The van der Waals surface area contributed by atoms with Crippen LogP contribution in [0.5, 0.6) is 0 Å². The van der Waals surface area contributed by atoms with Crippen LogP contribution in [-0.2, 0) is 4.79 Å². The Balaban J connectivity index is 2.11. The Hall–Kier alpha value is -0.400.